The number of aryl methyl sites for hydroxylation is 1. The van der Waals surface area contributed by atoms with Crippen molar-refractivity contribution in [1.29, 1.82) is 0 Å². The third kappa shape index (κ3) is 3.89. The molecule has 28 heavy (non-hydrogen) atoms. The van der Waals surface area contributed by atoms with Crippen molar-refractivity contribution in [2.45, 2.75) is 13.5 Å². The van der Waals surface area contributed by atoms with Crippen LogP contribution in [-0.2, 0) is 11.3 Å². The number of hydrogen-bond acceptors (Lipinski definition) is 6. The summed E-state index contributed by atoms with van der Waals surface area (Å²) in [5, 5.41) is 3.24. The highest BCUT2D eigenvalue weighted by Gasteiger charge is 2.14. The minimum absolute atomic E-state index is 0.000695. The number of aromatic nitrogens is 1. The molecular weight excluding hydrogens is 358 g/mol. The molecule has 7 nitrogen and oxygen atoms in total. The van der Waals surface area contributed by atoms with Crippen LogP contribution in [0.3, 0.4) is 0 Å². The zero-order valence-electron chi connectivity index (χ0n) is 15.6. The topological polar surface area (TPSA) is 84.7 Å². The highest BCUT2D eigenvalue weighted by atomic mass is 16.5. The predicted octanol–water partition coefficient (Wildman–Crippen LogP) is 2.26. The van der Waals surface area contributed by atoms with E-state index >= 15 is 0 Å². The number of morpholine rings is 1. The Morgan fingerprint density at radius 1 is 1.18 bits per heavy atom. The Hall–Kier alpha value is -3.19. The molecule has 1 aliphatic heterocycles. The molecule has 2 aromatic heterocycles. The van der Waals surface area contributed by atoms with Gasteiger partial charge in [0.1, 0.15) is 11.4 Å². The molecule has 3 heterocycles. The van der Waals surface area contributed by atoms with Gasteiger partial charge < -0.3 is 19.4 Å². The second-order valence-corrected chi connectivity index (χ2v) is 6.78. The van der Waals surface area contributed by atoms with Crippen molar-refractivity contribution >= 4 is 22.7 Å². The molecule has 4 rings (SSSR count). The number of carbonyl (C=O) groups is 1. The molecule has 0 saturated carbocycles. The first-order valence-corrected chi connectivity index (χ1v) is 9.20. The molecule has 144 valence electrons. The predicted molar refractivity (Wildman–Crippen MR) is 106 cm³/mol. The average Bonchev–Trinajstić information content (AvgIpc) is 2.73. The van der Waals surface area contributed by atoms with E-state index in [1.54, 1.807) is 18.3 Å². The van der Waals surface area contributed by atoms with Crippen molar-refractivity contribution in [3.8, 4) is 0 Å². The van der Waals surface area contributed by atoms with Gasteiger partial charge in [-0.1, -0.05) is 17.7 Å². The number of amides is 1. The number of ether oxygens (including phenoxy) is 1. The first kappa shape index (κ1) is 18.2. The number of hydrogen-bond donors (Lipinski definition) is 1. The van der Waals surface area contributed by atoms with Gasteiger partial charge in [0.2, 0.25) is 0 Å². The van der Waals surface area contributed by atoms with Gasteiger partial charge in [-0.05, 0) is 30.7 Å². The molecule has 0 aliphatic carbocycles. The van der Waals surface area contributed by atoms with Crippen molar-refractivity contribution < 1.29 is 13.9 Å². The van der Waals surface area contributed by atoms with E-state index in [1.807, 2.05) is 25.1 Å². The fourth-order valence-corrected chi connectivity index (χ4v) is 3.15. The van der Waals surface area contributed by atoms with E-state index in [9.17, 15) is 9.59 Å². The van der Waals surface area contributed by atoms with Gasteiger partial charge in [-0.3, -0.25) is 9.59 Å². The maximum absolute atomic E-state index is 12.4. The van der Waals surface area contributed by atoms with Crippen LogP contribution in [0.1, 0.15) is 21.7 Å². The van der Waals surface area contributed by atoms with E-state index in [0.717, 1.165) is 30.0 Å². The molecular formula is C21H21N3O4. The Morgan fingerprint density at radius 3 is 2.75 bits per heavy atom. The summed E-state index contributed by atoms with van der Waals surface area (Å²) in [5.41, 5.74) is 2.00. The number of benzene rings is 1. The molecule has 0 unspecified atom stereocenters. The first-order valence-electron chi connectivity index (χ1n) is 9.20. The van der Waals surface area contributed by atoms with Crippen molar-refractivity contribution in [3.05, 3.63) is 69.7 Å². The van der Waals surface area contributed by atoms with Crippen molar-refractivity contribution in [1.82, 2.24) is 10.3 Å². The SMILES string of the molecule is Cc1ccc2oc(C(=O)NCc3ccc(N4CCOCC4)nc3)cc(=O)c2c1. The second kappa shape index (κ2) is 7.82. The van der Waals surface area contributed by atoms with Crippen LogP contribution in [0.15, 0.2) is 51.8 Å². The Bertz CT molecular complexity index is 1050. The fourth-order valence-electron chi connectivity index (χ4n) is 3.15. The molecule has 1 fully saturated rings. The van der Waals surface area contributed by atoms with E-state index in [4.69, 9.17) is 9.15 Å². The van der Waals surface area contributed by atoms with Crippen LogP contribution in [0, 0.1) is 6.92 Å². The van der Waals surface area contributed by atoms with Crippen molar-refractivity contribution in [2.24, 2.45) is 0 Å². The van der Waals surface area contributed by atoms with Gasteiger partial charge in [0.15, 0.2) is 11.2 Å². The minimum atomic E-state index is -0.433. The van der Waals surface area contributed by atoms with Gasteiger partial charge in [-0.2, -0.15) is 0 Å². The van der Waals surface area contributed by atoms with Crippen LogP contribution in [-0.4, -0.2) is 37.2 Å². The van der Waals surface area contributed by atoms with Gasteiger partial charge in [0.25, 0.3) is 5.91 Å². The fraction of sp³-hybridized carbons (Fsp3) is 0.286. The van der Waals surface area contributed by atoms with Crippen LogP contribution in [0.2, 0.25) is 0 Å². The lowest BCUT2D eigenvalue weighted by atomic mass is 10.1. The zero-order chi connectivity index (χ0) is 19.5. The lowest BCUT2D eigenvalue weighted by Crippen LogP contribution is -2.36. The lowest BCUT2D eigenvalue weighted by molar-refractivity contribution is 0.0923. The van der Waals surface area contributed by atoms with Gasteiger partial charge in [-0.25, -0.2) is 4.98 Å². The standard InChI is InChI=1S/C21H21N3O4/c1-14-2-4-18-16(10-14)17(25)11-19(28-18)21(26)23-13-15-3-5-20(22-12-15)24-6-8-27-9-7-24/h2-5,10-12H,6-9,13H2,1H3,(H,23,26). The second-order valence-electron chi connectivity index (χ2n) is 6.78. The molecule has 3 aromatic rings. The Kier molecular flexibility index (Phi) is 5.08. The lowest BCUT2D eigenvalue weighted by Gasteiger charge is -2.27. The quantitative estimate of drug-likeness (QED) is 0.749. The highest BCUT2D eigenvalue weighted by molar-refractivity contribution is 5.93. The maximum atomic E-state index is 12.4. The van der Waals surface area contributed by atoms with Crippen LogP contribution < -0.4 is 15.6 Å². The Labute approximate surface area is 161 Å². The van der Waals surface area contributed by atoms with Gasteiger partial charge >= 0.3 is 0 Å². The molecule has 0 radical (unpaired) electrons. The number of pyridine rings is 1. The van der Waals surface area contributed by atoms with Crippen LogP contribution >= 0.6 is 0 Å². The molecule has 1 N–H and O–H groups in total. The molecule has 0 spiro atoms. The maximum Gasteiger partial charge on any atom is 0.287 e. The third-order valence-corrected chi connectivity index (χ3v) is 4.70. The van der Waals surface area contributed by atoms with E-state index in [0.29, 0.717) is 30.7 Å². The zero-order valence-corrected chi connectivity index (χ0v) is 15.6. The monoisotopic (exact) mass is 379 g/mol. The average molecular weight is 379 g/mol. The van der Waals surface area contributed by atoms with Gasteiger partial charge in [-0.15, -0.1) is 0 Å². The van der Waals surface area contributed by atoms with Crippen molar-refractivity contribution in [2.75, 3.05) is 31.2 Å². The molecule has 1 amide bonds. The molecule has 1 aromatic carbocycles. The summed E-state index contributed by atoms with van der Waals surface area (Å²) in [5.74, 6) is 0.463. The number of rotatable bonds is 4. The highest BCUT2D eigenvalue weighted by Crippen LogP contribution is 2.15. The Balaban J connectivity index is 1.43. The van der Waals surface area contributed by atoms with Crippen LogP contribution in [0.25, 0.3) is 11.0 Å². The smallest absolute Gasteiger partial charge is 0.287 e. The molecule has 0 atom stereocenters. The summed E-state index contributed by atoms with van der Waals surface area (Å²) in [6, 6.07) is 10.4. The molecule has 1 saturated heterocycles. The summed E-state index contributed by atoms with van der Waals surface area (Å²) < 4.78 is 10.9. The summed E-state index contributed by atoms with van der Waals surface area (Å²) in [6.45, 7) is 5.25. The van der Waals surface area contributed by atoms with Crippen molar-refractivity contribution in [3.63, 3.8) is 0 Å². The minimum Gasteiger partial charge on any atom is -0.451 e. The van der Waals surface area contributed by atoms with Gasteiger partial charge in [0.05, 0.1) is 18.6 Å². The number of nitrogens with one attached hydrogen (secondary N) is 1. The number of carbonyl (C=O) groups excluding carboxylic acids is 1. The number of fused-ring (bicyclic) bond motifs is 1. The van der Waals surface area contributed by atoms with E-state index in [-0.39, 0.29) is 11.2 Å². The summed E-state index contributed by atoms with van der Waals surface area (Å²) in [6.07, 6.45) is 1.74. The summed E-state index contributed by atoms with van der Waals surface area (Å²) >= 11 is 0. The first-order chi connectivity index (χ1) is 13.6. The van der Waals surface area contributed by atoms with Crippen LogP contribution in [0.5, 0.6) is 0 Å². The normalized spacial score (nSPS) is 14.2. The molecule has 0 bridgehead atoms. The molecule has 7 heteroatoms. The van der Waals surface area contributed by atoms with E-state index < -0.39 is 5.91 Å². The Morgan fingerprint density at radius 2 is 2.00 bits per heavy atom. The largest absolute Gasteiger partial charge is 0.451 e. The summed E-state index contributed by atoms with van der Waals surface area (Å²) in [4.78, 5) is 31.3. The molecule has 1 aliphatic rings. The number of anilines is 1. The third-order valence-electron chi connectivity index (χ3n) is 4.70. The summed E-state index contributed by atoms with van der Waals surface area (Å²) in [7, 11) is 0. The van der Waals surface area contributed by atoms with E-state index in [2.05, 4.69) is 15.2 Å². The van der Waals surface area contributed by atoms with E-state index in [1.165, 1.54) is 6.07 Å². The van der Waals surface area contributed by atoms with Gasteiger partial charge in [0, 0.05) is 31.9 Å². The number of nitrogens with zero attached hydrogens (tertiary/aromatic N) is 2. The van der Waals surface area contributed by atoms with Crippen LogP contribution in [0.4, 0.5) is 5.82 Å².